The molecule has 0 amide bonds. The minimum absolute atomic E-state index is 0.0436. The van der Waals surface area contributed by atoms with E-state index in [-0.39, 0.29) is 16.4 Å². The number of hydrogen-bond donors (Lipinski definition) is 1. The van der Waals surface area contributed by atoms with E-state index in [1.807, 2.05) is 0 Å². The molecule has 2 N–H and O–H groups in total. The van der Waals surface area contributed by atoms with Crippen LogP contribution >= 0.6 is 0 Å². The normalized spacial score (nSPS) is 12.2. The highest BCUT2D eigenvalue weighted by Gasteiger charge is 2.14. The first-order valence-electron chi connectivity index (χ1n) is 4.88. The smallest absolute Gasteiger partial charge is 0.269 e. The van der Waals surface area contributed by atoms with Crippen LogP contribution in [-0.4, -0.2) is 32.3 Å². The zero-order chi connectivity index (χ0) is 13.9. The minimum atomic E-state index is -3.70. The van der Waals surface area contributed by atoms with Crippen molar-refractivity contribution in [3.05, 3.63) is 45.6 Å². The molecule has 0 radical (unpaired) electrons. The topological polar surface area (TPSA) is 107 Å². The van der Waals surface area contributed by atoms with Gasteiger partial charge in [-0.25, -0.2) is 8.42 Å². The Balaban J connectivity index is 3.14. The minimum Gasteiger partial charge on any atom is -0.385 e. The van der Waals surface area contributed by atoms with Crippen molar-refractivity contribution in [1.82, 2.24) is 4.90 Å². The average Bonchev–Trinajstić information content (AvgIpc) is 2.28. The number of nitro groups is 1. The summed E-state index contributed by atoms with van der Waals surface area (Å²) < 4.78 is 23.8. The van der Waals surface area contributed by atoms with Gasteiger partial charge in [-0.1, -0.05) is 0 Å². The molecule has 0 bridgehead atoms. The van der Waals surface area contributed by atoms with Gasteiger partial charge in [0.1, 0.15) is 5.82 Å². The molecule has 98 valence electrons. The number of non-ortho nitro benzene ring substituents is 1. The first-order valence-corrected chi connectivity index (χ1v) is 6.42. The van der Waals surface area contributed by atoms with Gasteiger partial charge >= 0.3 is 0 Å². The molecule has 0 aliphatic rings. The van der Waals surface area contributed by atoms with Gasteiger partial charge in [0.25, 0.3) is 5.69 Å². The Morgan fingerprint density at radius 2 is 1.83 bits per heavy atom. The third kappa shape index (κ3) is 3.20. The predicted octanol–water partition coefficient (Wildman–Crippen LogP) is 0.688. The zero-order valence-electron chi connectivity index (χ0n) is 9.90. The van der Waals surface area contributed by atoms with Gasteiger partial charge in [0.15, 0.2) is 0 Å². The van der Waals surface area contributed by atoms with E-state index in [0.717, 1.165) is 17.5 Å². The van der Waals surface area contributed by atoms with Gasteiger partial charge in [0.2, 0.25) is 9.84 Å². The largest absolute Gasteiger partial charge is 0.385 e. The number of nitrogens with two attached hydrogens (primary N) is 1. The fraction of sp³-hybridized carbons (Fsp3) is 0.200. The van der Waals surface area contributed by atoms with Crippen LogP contribution in [0.4, 0.5) is 5.69 Å². The molecule has 0 saturated carbocycles. The molecule has 0 unspecified atom stereocenters. The van der Waals surface area contributed by atoms with E-state index in [1.54, 1.807) is 14.1 Å². The van der Waals surface area contributed by atoms with Crippen LogP contribution in [0.3, 0.4) is 0 Å². The molecule has 0 aromatic heterocycles. The SMILES string of the molecule is CN(C)/C(N)=C/S(=O)(=O)c1ccc([N+](=O)[O-])cc1. The van der Waals surface area contributed by atoms with Crippen LogP contribution in [0.15, 0.2) is 40.4 Å². The first kappa shape index (κ1) is 14.0. The second-order valence-electron chi connectivity index (χ2n) is 3.73. The molecule has 1 rings (SSSR count). The molecule has 0 aliphatic carbocycles. The molecule has 0 aliphatic heterocycles. The quantitative estimate of drug-likeness (QED) is 0.637. The molecule has 0 fully saturated rings. The van der Waals surface area contributed by atoms with E-state index in [0.29, 0.717) is 0 Å². The van der Waals surface area contributed by atoms with E-state index < -0.39 is 14.8 Å². The van der Waals surface area contributed by atoms with Crippen molar-refractivity contribution >= 4 is 15.5 Å². The highest BCUT2D eigenvalue weighted by Crippen LogP contribution is 2.18. The van der Waals surface area contributed by atoms with Crippen LogP contribution in [0, 0.1) is 10.1 Å². The number of benzene rings is 1. The number of rotatable bonds is 4. The van der Waals surface area contributed by atoms with Crippen molar-refractivity contribution in [1.29, 1.82) is 0 Å². The summed E-state index contributed by atoms with van der Waals surface area (Å²) >= 11 is 0. The molecule has 0 atom stereocenters. The summed E-state index contributed by atoms with van der Waals surface area (Å²) in [5.74, 6) is 0.0772. The van der Waals surface area contributed by atoms with Crippen molar-refractivity contribution < 1.29 is 13.3 Å². The van der Waals surface area contributed by atoms with E-state index in [4.69, 9.17) is 5.73 Å². The lowest BCUT2D eigenvalue weighted by molar-refractivity contribution is -0.384. The Bertz CT molecular complexity index is 576. The predicted molar refractivity (Wildman–Crippen MR) is 66.2 cm³/mol. The average molecular weight is 271 g/mol. The summed E-state index contributed by atoms with van der Waals surface area (Å²) in [5, 5.41) is 11.4. The Morgan fingerprint density at radius 3 is 2.22 bits per heavy atom. The van der Waals surface area contributed by atoms with Crippen molar-refractivity contribution in [2.24, 2.45) is 5.73 Å². The summed E-state index contributed by atoms with van der Waals surface area (Å²) in [5.41, 5.74) is 5.35. The van der Waals surface area contributed by atoms with Gasteiger partial charge in [-0.2, -0.15) is 0 Å². The number of hydrogen-bond acceptors (Lipinski definition) is 6. The fourth-order valence-corrected chi connectivity index (χ4v) is 2.27. The van der Waals surface area contributed by atoms with E-state index >= 15 is 0 Å². The van der Waals surface area contributed by atoms with Crippen LogP contribution in [-0.2, 0) is 9.84 Å². The van der Waals surface area contributed by atoms with Crippen molar-refractivity contribution in [2.75, 3.05) is 14.1 Å². The molecule has 18 heavy (non-hydrogen) atoms. The third-order valence-corrected chi connectivity index (χ3v) is 3.65. The highest BCUT2D eigenvalue weighted by molar-refractivity contribution is 7.94. The van der Waals surface area contributed by atoms with Crippen LogP contribution in [0.1, 0.15) is 0 Å². The Morgan fingerprint density at radius 1 is 1.33 bits per heavy atom. The molecule has 8 heteroatoms. The van der Waals surface area contributed by atoms with E-state index in [2.05, 4.69) is 0 Å². The first-order chi connectivity index (χ1) is 8.24. The number of sulfone groups is 1. The molecule has 0 spiro atoms. The lowest BCUT2D eigenvalue weighted by Crippen LogP contribution is -2.19. The maximum Gasteiger partial charge on any atom is 0.269 e. The molecular formula is C10H13N3O4S. The van der Waals surface area contributed by atoms with Crippen molar-refractivity contribution in [3.8, 4) is 0 Å². The molecule has 0 saturated heterocycles. The van der Waals surface area contributed by atoms with Gasteiger partial charge in [-0.3, -0.25) is 10.1 Å². The molecule has 0 heterocycles. The highest BCUT2D eigenvalue weighted by atomic mass is 32.2. The Labute approximate surface area is 105 Å². The maximum atomic E-state index is 11.9. The van der Waals surface area contributed by atoms with E-state index in [1.165, 1.54) is 17.0 Å². The summed E-state index contributed by atoms with van der Waals surface area (Å²) in [6, 6.07) is 4.61. The zero-order valence-corrected chi connectivity index (χ0v) is 10.7. The second kappa shape index (κ2) is 5.05. The fourth-order valence-electron chi connectivity index (χ4n) is 1.09. The van der Waals surface area contributed by atoms with Crippen LogP contribution in [0.25, 0.3) is 0 Å². The molecule has 1 aromatic rings. The van der Waals surface area contributed by atoms with Gasteiger partial charge in [0, 0.05) is 26.2 Å². The molecular weight excluding hydrogens is 258 g/mol. The monoisotopic (exact) mass is 271 g/mol. The maximum absolute atomic E-state index is 11.9. The van der Waals surface area contributed by atoms with Gasteiger partial charge in [-0.05, 0) is 12.1 Å². The summed E-state index contributed by atoms with van der Waals surface area (Å²) in [4.78, 5) is 11.3. The van der Waals surface area contributed by atoms with Gasteiger partial charge < -0.3 is 10.6 Å². The van der Waals surface area contributed by atoms with Crippen LogP contribution in [0.5, 0.6) is 0 Å². The third-order valence-electron chi connectivity index (χ3n) is 2.17. The summed E-state index contributed by atoms with van der Waals surface area (Å²) in [6.07, 6.45) is 0. The van der Waals surface area contributed by atoms with Gasteiger partial charge in [-0.15, -0.1) is 0 Å². The summed E-state index contributed by atoms with van der Waals surface area (Å²) in [6.45, 7) is 0. The van der Waals surface area contributed by atoms with Gasteiger partial charge in [0.05, 0.1) is 15.2 Å². The van der Waals surface area contributed by atoms with Crippen LogP contribution < -0.4 is 5.73 Å². The lowest BCUT2D eigenvalue weighted by Gasteiger charge is -2.11. The number of nitrogens with zero attached hydrogens (tertiary/aromatic N) is 2. The summed E-state index contributed by atoms with van der Waals surface area (Å²) in [7, 11) is -0.482. The van der Waals surface area contributed by atoms with Crippen molar-refractivity contribution in [2.45, 2.75) is 4.90 Å². The Kier molecular flexibility index (Phi) is 3.92. The standard InChI is InChI=1S/C10H13N3O4S/c1-12(2)10(11)7-18(16,17)9-5-3-8(4-6-9)13(14)15/h3-7H,11H2,1-2H3/b10-7+. The van der Waals surface area contributed by atoms with E-state index in [9.17, 15) is 18.5 Å². The number of nitro benzene ring substituents is 1. The molecule has 1 aromatic carbocycles. The Hall–Kier alpha value is -2.09. The van der Waals surface area contributed by atoms with Crippen molar-refractivity contribution in [3.63, 3.8) is 0 Å². The second-order valence-corrected chi connectivity index (χ2v) is 5.53. The van der Waals surface area contributed by atoms with Crippen LogP contribution in [0.2, 0.25) is 0 Å². The lowest BCUT2D eigenvalue weighted by atomic mass is 10.3. The molecule has 7 nitrogen and oxygen atoms in total.